The molecule has 3 N–H and O–H groups in total. The normalized spacial score (nSPS) is 10.0. The van der Waals surface area contributed by atoms with Gasteiger partial charge in [-0.25, -0.2) is 9.37 Å². The fourth-order valence-electron chi connectivity index (χ4n) is 1.65. The number of carbonyl (C=O) groups excluding carboxylic acids is 2. The number of carbonyl (C=O) groups is 2. The van der Waals surface area contributed by atoms with E-state index in [0.29, 0.717) is 11.3 Å². The second-order valence-electron chi connectivity index (χ2n) is 4.45. The van der Waals surface area contributed by atoms with E-state index in [1.165, 1.54) is 24.4 Å². The molecular weight excluding hydrogens is 289 g/mol. The summed E-state index contributed by atoms with van der Waals surface area (Å²) in [7, 11) is 0. The Bertz CT molecular complexity index is 674. The van der Waals surface area contributed by atoms with E-state index < -0.39 is 11.8 Å². The zero-order valence-corrected chi connectivity index (χ0v) is 11.6. The molecule has 0 radical (unpaired) electrons. The van der Waals surface area contributed by atoms with Gasteiger partial charge in [0, 0.05) is 0 Å². The molecule has 0 bridgehead atoms. The van der Waals surface area contributed by atoms with Gasteiger partial charge in [0.1, 0.15) is 23.9 Å². The SMILES string of the molecule is NC(=O)CNC(=O)c1ccc(OCc2cccc(F)c2)cn1. The molecule has 0 aliphatic carbocycles. The van der Waals surface area contributed by atoms with E-state index >= 15 is 0 Å². The number of nitrogens with zero attached hydrogens (tertiary/aromatic N) is 1. The van der Waals surface area contributed by atoms with Crippen molar-refractivity contribution in [3.8, 4) is 5.75 Å². The van der Waals surface area contributed by atoms with Gasteiger partial charge in [0.15, 0.2) is 0 Å². The van der Waals surface area contributed by atoms with Crippen molar-refractivity contribution in [2.45, 2.75) is 6.61 Å². The molecule has 1 aromatic heterocycles. The molecule has 0 spiro atoms. The van der Waals surface area contributed by atoms with E-state index in [9.17, 15) is 14.0 Å². The highest BCUT2D eigenvalue weighted by Crippen LogP contribution is 2.12. The number of hydrogen-bond acceptors (Lipinski definition) is 4. The molecule has 0 saturated heterocycles. The van der Waals surface area contributed by atoms with Gasteiger partial charge in [0.05, 0.1) is 12.7 Å². The lowest BCUT2D eigenvalue weighted by Crippen LogP contribution is -2.33. The van der Waals surface area contributed by atoms with Crippen LogP contribution < -0.4 is 15.8 Å². The van der Waals surface area contributed by atoms with Crippen molar-refractivity contribution in [2.75, 3.05) is 6.54 Å². The molecule has 0 aliphatic rings. The molecule has 2 aromatic rings. The molecule has 7 heteroatoms. The highest BCUT2D eigenvalue weighted by Gasteiger charge is 2.08. The third-order valence-corrected chi connectivity index (χ3v) is 2.69. The Labute approximate surface area is 126 Å². The van der Waals surface area contributed by atoms with Crippen LogP contribution in [0, 0.1) is 5.82 Å². The molecular formula is C15H14FN3O3. The summed E-state index contributed by atoms with van der Waals surface area (Å²) in [5.74, 6) is -1.03. The van der Waals surface area contributed by atoms with Gasteiger partial charge >= 0.3 is 0 Å². The predicted molar refractivity (Wildman–Crippen MR) is 76.5 cm³/mol. The van der Waals surface area contributed by atoms with Crippen molar-refractivity contribution in [3.63, 3.8) is 0 Å². The Kier molecular flexibility index (Phi) is 5.02. The zero-order valence-electron chi connectivity index (χ0n) is 11.6. The van der Waals surface area contributed by atoms with Crippen molar-refractivity contribution in [1.82, 2.24) is 10.3 Å². The maximum Gasteiger partial charge on any atom is 0.270 e. The van der Waals surface area contributed by atoms with Gasteiger partial charge in [0.25, 0.3) is 5.91 Å². The summed E-state index contributed by atoms with van der Waals surface area (Å²) in [5, 5.41) is 2.32. The van der Waals surface area contributed by atoms with Gasteiger partial charge in [-0.3, -0.25) is 9.59 Å². The summed E-state index contributed by atoms with van der Waals surface area (Å²) in [6.07, 6.45) is 1.37. The van der Waals surface area contributed by atoms with E-state index in [-0.39, 0.29) is 24.7 Å². The average molecular weight is 303 g/mol. The fraction of sp³-hybridized carbons (Fsp3) is 0.133. The van der Waals surface area contributed by atoms with Gasteiger partial charge in [-0.15, -0.1) is 0 Å². The quantitative estimate of drug-likeness (QED) is 0.833. The predicted octanol–water partition coefficient (Wildman–Crippen LogP) is 1.01. The van der Waals surface area contributed by atoms with E-state index in [0.717, 1.165) is 0 Å². The minimum Gasteiger partial charge on any atom is -0.487 e. The topological polar surface area (TPSA) is 94.3 Å². The van der Waals surface area contributed by atoms with E-state index in [4.69, 9.17) is 10.5 Å². The Morgan fingerprint density at radius 1 is 1.27 bits per heavy atom. The number of ether oxygens (including phenoxy) is 1. The molecule has 0 atom stereocenters. The number of hydrogen-bond donors (Lipinski definition) is 2. The van der Waals surface area contributed by atoms with E-state index in [2.05, 4.69) is 10.3 Å². The Balaban J connectivity index is 1.91. The van der Waals surface area contributed by atoms with Crippen molar-refractivity contribution >= 4 is 11.8 Å². The molecule has 2 amide bonds. The first-order valence-corrected chi connectivity index (χ1v) is 6.44. The molecule has 0 saturated carbocycles. The van der Waals surface area contributed by atoms with Crippen LogP contribution in [0.4, 0.5) is 4.39 Å². The van der Waals surface area contributed by atoms with E-state index in [1.807, 2.05) is 0 Å². The summed E-state index contributed by atoms with van der Waals surface area (Å²) < 4.78 is 18.5. The van der Waals surface area contributed by atoms with E-state index in [1.54, 1.807) is 18.2 Å². The van der Waals surface area contributed by atoms with Crippen molar-refractivity contribution in [2.24, 2.45) is 5.73 Å². The van der Waals surface area contributed by atoms with Crippen LogP contribution >= 0.6 is 0 Å². The zero-order chi connectivity index (χ0) is 15.9. The average Bonchev–Trinajstić information content (AvgIpc) is 2.51. The minimum atomic E-state index is -0.636. The number of halogens is 1. The van der Waals surface area contributed by atoms with Crippen LogP contribution in [-0.4, -0.2) is 23.3 Å². The Morgan fingerprint density at radius 3 is 2.73 bits per heavy atom. The minimum absolute atomic E-state index is 0.138. The van der Waals surface area contributed by atoms with Crippen LogP contribution in [0.1, 0.15) is 16.1 Å². The lowest BCUT2D eigenvalue weighted by atomic mass is 10.2. The third-order valence-electron chi connectivity index (χ3n) is 2.69. The van der Waals surface area contributed by atoms with Crippen LogP contribution in [0.25, 0.3) is 0 Å². The number of rotatable bonds is 6. The molecule has 1 aromatic carbocycles. The number of pyridine rings is 1. The smallest absolute Gasteiger partial charge is 0.270 e. The lowest BCUT2D eigenvalue weighted by Gasteiger charge is -2.07. The van der Waals surface area contributed by atoms with Crippen LogP contribution in [0.5, 0.6) is 5.75 Å². The van der Waals surface area contributed by atoms with Crippen molar-refractivity contribution in [1.29, 1.82) is 0 Å². The number of nitrogens with one attached hydrogen (secondary N) is 1. The summed E-state index contributed by atoms with van der Waals surface area (Å²) in [6.45, 7) is -0.0645. The van der Waals surface area contributed by atoms with Crippen LogP contribution in [0.2, 0.25) is 0 Å². The molecule has 114 valence electrons. The van der Waals surface area contributed by atoms with Gasteiger partial charge in [0.2, 0.25) is 5.91 Å². The Morgan fingerprint density at radius 2 is 2.09 bits per heavy atom. The number of amides is 2. The first-order chi connectivity index (χ1) is 10.5. The van der Waals surface area contributed by atoms with Crippen LogP contribution in [-0.2, 0) is 11.4 Å². The van der Waals surface area contributed by atoms with Crippen LogP contribution in [0.15, 0.2) is 42.6 Å². The monoisotopic (exact) mass is 303 g/mol. The number of aromatic nitrogens is 1. The molecule has 0 fully saturated rings. The van der Waals surface area contributed by atoms with Gasteiger partial charge in [-0.1, -0.05) is 12.1 Å². The summed E-state index contributed by atoms with van der Waals surface area (Å²) in [6, 6.07) is 9.08. The molecule has 2 rings (SSSR count). The fourth-order valence-corrected chi connectivity index (χ4v) is 1.65. The van der Waals surface area contributed by atoms with Crippen LogP contribution in [0.3, 0.4) is 0 Å². The summed E-state index contributed by atoms with van der Waals surface area (Å²) in [4.78, 5) is 26.1. The maximum absolute atomic E-state index is 13.0. The molecule has 6 nitrogen and oxygen atoms in total. The highest BCUT2D eigenvalue weighted by molar-refractivity contribution is 5.94. The molecule has 1 heterocycles. The number of nitrogens with two attached hydrogens (primary N) is 1. The second kappa shape index (κ2) is 7.16. The van der Waals surface area contributed by atoms with Gasteiger partial charge < -0.3 is 15.8 Å². The van der Waals surface area contributed by atoms with Gasteiger partial charge in [-0.2, -0.15) is 0 Å². The molecule has 22 heavy (non-hydrogen) atoms. The van der Waals surface area contributed by atoms with Crippen molar-refractivity contribution < 1.29 is 18.7 Å². The Hall–Kier alpha value is -2.96. The largest absolute Gasteiger partial charge is 0.487 e. The summed E-state index contributed by atoms with van der Waals surface area (Å²) in [5.41, 5.74) is 5.75. The highest BCUT2D eigenvalue weighted by atomic mass is 19.1. The third kappa shape index (κ3) is 4.55. The molecule has 0 aliphatic heterocycles. The second-order valence-corrected chi connectivity index (χ2v) is 4.45. The first-order valence-electron chi connectivity index (χ1n) is 6.44. The summed E-state index contributed by atoms with van der Waals surface area (Å²) >= 11 is 0. The lowest BCUT2D eigenvalue weighted by molar-refractivity contribution is -0.117. The molecule has 0 unspecified atom stereocenters. The van der Waals surface area contributed by atoms with Gasteiger partial charge in [-0.05, 0) is 29.8 Å². The number of benzene rings is 1. The first kappa shape index (κ1) is 15.4. The van der Waals surface area contributed by atoms with Crippen molar-refractivity contribution in [3.05, 3.63) is 59.7 Å². The number of primary amides is 1. The standard InChI is InChI=1S/C15H14FN3O3/c16-11-3-1-2-10(6-11)9-22-12-4-5-13(18-7-12)15(21)19-8-14(17)20/h1-7H,8-9H2,(H2,17,20)(H,19,21). The maximum atomic E-state index is 13.0.